The molecule has 1 aromatic rings. The van der Waals surface area contributed by atoms with Gasteiger partial charge in [0.2, 0.25) is 0 Å². The van der Waals surface area contributed by atoms with E-state index < -0.39 is 6.61 Å². The van der Waals surface area contributed by atoms with Crippen LogP contribution in [0.2, 0.25) is 0 Å². The van der Waals surface area contributed by atoms with Crippen molar-refractivity contribution < 1.29 is 18.3 Å². The second-order valence-electron chi connectivity index (χ2n) is 3.41. The van der Waals surface area contributed by atoms with Crippen molar-refractivity contribution >= 4 is 5.78 Å². The Labute approximate surface area is 97.6 Å². The van der Waals surface area contributed by atoms with Crippen LogP contribution < -0.4 is 4.74 Å². The highest BCUT2D eigenvalue weighted by Gasteiger charge is 2.16. The number of hydrogen-bond donors (Lipinski definition) is 0. The summed E-state index contributed by atoms with van der Waals surface area (Å²) in [5, 5.41) is 8.91. The van der Waals surface area contributed by atoms with E-state index in [1.165, 1.54) is 19.1 Å². The number of carbonyl (C=O) groups excluding carboxylic acids is 1. The van der Waals surface area contributed by atoms with Gasteiger partial charge in [-0.05, 0) is 31.0 Å². The lowest BCUT2D eigenvalue weighted by Gasteiger charge is -2.11. The molecule has 0 fully saturated rings. The number of nitriles is 1. The molecule has 17 heavy (non-hydrogen) atoms. The van der Waals surface area contributed by atoms with Gasteiger partial charge in [-0.3, -0.25) is 4.79 Å². The zero-order chi connectivity index (χ0) is 13.0. The molecule has 0 atom stereocenters. The molecule has 0 unspecified atom stereocenters. The van der Waals surface area contributed by atoms with Gasteiger partial charge in [-0.1, -0.05) is 6.92 Å². The minimum absolute atomic E-state index is 0.0535. The van der Waals surface area contributed by atoms with Crippen LogP contribution in [0, 0.1) is 11.3 Å². The molecule has 0 amide bonds. The van der Waals surface area contributed by atoms with E-state index in [4.69, 9.17) is 5.26 Å². The van der Waals surface area contributed by atoms with E-state index in [1.54, 1.807) is 6.92 Å². The van der Waals surface area contributed by atoms with Crippen LogP contribution in [0.5, 0.6) is 5.75 Å². The third-order valence-corrected chi connectivity index (χ3v) is 2.30. The summed E-state index contributed by atoms with van der Waals surface area (Å²) in [6.07, 6.45) is 0.462. The minimum atomic E-state index is -3.02. The number of aryl methyl sites for hydroxylation is 1. The van der Waals surface area contributed by atoms with Crippen molar-refractivity contribution in [2.75, 3.05) is 0 Å². The Balaban J connectivity index is 3.38. The van der Waals surface area contributed by atoms with E-state index in [9.17, 15) is 13.6 Å². The monoisotopic (exact) mass is 239 g/mol. The molecule has 0 spiro atoms. The van der Waals surface area contributed by atoms with Crippen LogP contribution in [0.4, 0.5) is 8.78 Å². The number of alkyl halides is 2. The summed E-state index contributed by atoms with van der Waals surface area (Å²) in [6.45, 7) is 0.0770. The predicted molar refractivity (Wildman–Crippen MR) is 57.2 cm³/mol. The average Bonchev–Trinajstić information content (AvgIpc) is 2.26. The first-order chi connectivity index (χ1) is 7.99. The van der Waals surface area contributed by atoms with Gasteiger partial charge in [0.1, 0.15) is 11.8 Å². The standard InChI is InChI=1S/C12H11F2NO2/c1-3-8-4-9(7(2)16)5-11(10(8)6-15)17-12(13)14/h4-5,12H,3H2,1-2H3. The lowest BCUT2D eigenvalue weighted by atomic mass is 10.00. The van der Waals surface area contributed by atoms with Crippen LogP contribution in [-0.2, 0) is 6.42 Å². The van der Waals surface area contributed by atoms with Gasteiger partial charge in [-0.2, -0.15) is 14.0 Å². The van der Waals surface area contributed by atoms with Crippen LogP contribution in [0.3, 0.4) is 0 Å². The van der Waals surface area contributed by atoms with E-state index in [0.29, 0.717) is 12.0 Å². The van der Waals surface area contributed by atoms with E-state index >= 15 is 0 Å². The first-order valence-electron chi connectivity index (χ1n) is 5.02. The van der Waals surface area contributed by atoms with E-state index in [-0.39, 0.29) is 22.7 Å². The number of Topliss-reactive ketones (excluding diaryl/α,β-unsaturated/α-hetero) is 1. The first kappa shape index (κ1) is 13.1. The fraction of sp³-hybridized carbons (Fsp3) is 0.333. The Hall–Kier alpha value is -1.96. The number of hydrogen-bond acceptors (Lipinski definition) is 3. The van der Waals surface area contributed by atoms with Gasteiger partial charge < -0.3 is 4.74 Å². The van der Waals surface area contributed by atoms with Crippen LogP contribution in [0.15, 0.2) is 12.1 Å². The molecule has 0 N–H and O–H groups in total. The van der Waals surface area contributed by atoms with Crippen LogP contribution >= 0.6 is 0 Å². The van der Waals surface area contributed by atoms with E-state index in [0.717, 1.165) is 0 Å². The summed E-state index contributed by atoms with van der Waals surface area (Å²) >= 11 is 0. The largest absolute Gasteiger partial charge is 0.433 e. The Kier molecular flexibility index (Phi) is 4.16. The summed E-state index contributed by atoms with van der Waals surface area (Å²) in [6, 6.07) is 4.52. The maximum absolute atomic E-state index is 12.2. The second-order valence-corrected chi connectivity index (χ2v) is 3.41. The molecule has 0 bridgehead atoms. The summed E-state index contributed by atoms with van der Waals surface area (Å²) in [5.41, 5.74) is 0.838. The molecule has 0 aliphatic heterocycles. The lowest BCUT2D eigenvalue weighted by Crippen LogP contribution is -2.07. The number of halogens is 2. The predicted octanol–water partition coefficient (Wildman–Crippen LogP) is 2.92. The fourth-order valence-corrected chi connectivity index (χ4v) is 1.47. The fourth-order valence-electron chi connectivity index (χ4n) is 1.47. The molecule has 0 aromatic heterocycles. The Morgan fingerprint density at radius 1 is 1.53 bits per heavy atom. The molecular weight excluding hydrogens is 228 g/mol. The number of benzene rings is 1. The van der Waals surface area contributed by atoms with Crippen molar-refractivity contribution in [2.24, 2.45) is 0 Å². The van der Waals surface area contributed by atoms with Gasteiger partial charge in [-0.25, -0.2) is 0 Å². The molecule has 0 aliphatic carbocycles. The zero-order valence-corrected chi connectivity index (χ0v) is 9.46. The number of carbonyl (C=O) groups is 1. The summed E-state index contributed by atoms with van der Waals surface area (Å²) < 4.78 is 28.6. The van der Waals surface area contributed by atoms with Gasteiger partial charge >= 0.3 is 6.61 Å². The molecule has 0 radical (unpaired) electrons. The molecule has 0 aliphatic rings. The van der Waals surface area contributed by atoms with Crippen molar-refractivity contribution in [3.8, 4) is 11.8 Å². The van der Waals surface area contributed by atoms with Crippen molar-refractivity contribution in [2.45, 2.75) is 26.9 Å². The van der Waals surface area contributed by atoms with Crippen molar-refractivity contribution in [3.05, 3.63) is 28.8 Å². The SMILES string of the molecule is CCc1cc(C(C)=O)cc(OC(F)F)c1C#N. The quantitative estimate of drug-likeness (QED) is 0.759. The maximum atomic E-state index is 12.2. The van der Waals surface area contributed by atoms with E-state index in [2.05, 4.69) is 4.74 Å². The zero-order valence-electron chi connectivity index (χ0n) is 9.46. The third-order valence-electron chi connectivity index (χ3n) is 2.30. The molecular formula is C12H11F2NO2. The Morgan fingerprint density at radius 2 is 2.18 bits per heavy atom. The second kappa shape index (κ2) is 5.39. The topological polar surface area (TPSA) is 50.1 Å². The highest BCUT2D eigenvalue weighted by atomic mass is 19.3. The summed E-state index contributed by atoms with van der Waals surface area (Å²) in [7, 11) is 0. The molecule has 5 heteroatoms. The number of nitrogens with zero attached hydrogens (tertiary/aromatic N) is 1. The third kappa shape index (κ3) is 3.00. The molecule has 90 valence electrons. The van der Waals surface area contributed by atoms with Gasteiger partial charge in [0, 0.05) is 5.56 Å². The molecule has 3 nitrogen and oxygen atoms in total. The Morgan fingerprint density at radius 3 is 2.59 bits per heavy atom. The highest BCUT2D eigenvalue weighted by molar-refractivity contribution is 5.95. The van der Waals surface area contributed by atoms with Crippen LogP contribution in [0.1, 0.15) is 35.3 Å². The van der Waals surface area contributed by atoms with Gasteiger partial charge in [0.05, 0.1) is 5.56 Å². The van der Waals surface area contributed by atoms with Crippen LogP contribution in [-0.4, -0.2) is 12.4 Å². The normalized spacial score (nSPS) is 10.1. The van der Waals surface area contributed by atoms with Crippen LogP contribution in [0.25, 0.3) is 0 Å². The van der Waals surface area contributed by atoms with Gasteiger partial charge in [-0.15, -0.1) is 0 Å². The smallest absolute Gasteiger partial charge is 0.387 e. The molecule has 0 saturated heterocycles. The summed E-state index contributed by atoms with van der Waals surface area (Å²) in [5.74, 6) is -0.504. The van der Waals surface area contributed by atoms with Crippen molar-refractivity contribution in [1.29, 1.82) is 5.26 Å². The summed E-state index contributed by atoms with van der Waals surface area (Å²) in [4.78, 5) is 11.2. The molecule has 1 rings (SSSR count). The Bertz CT molecular complexity index is 478. The number of rotatable bonds is 4. The molecule has 1 aromatic carbocycles. The van der Waals surface area contributed by atoms with Gasteiger partial charge in [0.15, 0.2) is 5.78 Å². The van der Waals surface area contributed by atoms with E-state index in [1.807, 2.05) is 6.07 Å². The minimum Gasteiger partial charge on any atom is -0.433 e. The lowest BCUT2D eigenvalue weighted by molar-refractivity contribution is -0.0501. The first-order valence-corrected chi connectivity index (χ1v) is 5.02. The average molecular weight is 239 g/mol. The van der Waals surface area contributed by atoms with Crippen molar-refractivity contribution in [1.82, 2.24) is 0 Å². The number of ether oxygens (including phenoxy) is 1. The van der Waals surface area contributed by atoms with Gasteiger partial charge in [0.25, 0.3) is 0 Å². The number of ketones is 1. The molecule has 0 saturated carbocycles. The molecule has 0 heterocycles. The highest BCUT2D eigenvalue weighted by Crippen LogP contribution is 2.26. The van der Waals surface area contributed by atoms with Crippen molar-refractivity contribution in [3.63, 3.8) is 0 Å². The maximum Gasteiger partial charge on any atom is 0.387 e.